The fourth-order valence-corrected chi connectivity index (χ4v) is 3.02. The van der Waals surface area contributed by atoms with Crippen molar-refractivity contribution in [3.8, 4) is 11.5 Å². The fourth-order valence-electron chi connectivity index (χ4n) is 3.02. The van der Waals surface area contributed by atoms with Gasteiger partial charge in [0.25, 0.3) is 11.5 Å². The molecule has 1 amide bonds. The Morgan fingerprint density at radius 2 is 1.81 bits per heavy atom. The number of rotatable bonds is 6. The number of H-pyrrole nitrogens is 1. The normalized spacial score (nSPS) is 10.6. The Morgan fingerprint density at radius 1 is 1.07 bits per heavy atom. The number of methoxy groups -OCH3 is 2. The van der Waals surface area contributed by atoms with Crippen molar-refractivity contribution < 1.29 is 14.3 Å². The van der Waals surface area contributed by atoms with Crippen LogP contribution in [-0.2, 0) is 6.42 Å². The van der Waals surface area contributed by atoms with E-state index in [1.807, 2.05) is 25.1 Å². The van der Waals surface area contributed by atoms with Crippen LogP contribution in [0.5, 0.6) is 11.5 Å². The summed E-state index contributed by atoms with van der Waals surface area (Å²) >= 11 is 0. The maximum absolute atomic E-state index is 12.4. The van der Waals surface area contributed by atoms with Crippen molar-refractivity contribution in [2.24, 2.45) is 0 Å². The Balaban J connectivity index is 1.80. The number of pyridine rings is 1. The van der Waals surface area contributed by atoms with Crippen LogP contribution in [0.25, 0.3) is 10.9 Å². The van der Waals surface area contributed by atoms with E-state index in [4.69, 9.17) is 9.47 Å². The van der Waals surface area contributed by atoms with Gasteiger partial charge in [0.15, 0.2) is 0 Å². The highest BCUT2D eigenvalue weighted by atomic mass is 16.5. The summed E-state index contributed by atoms with van der Waals surface area (Å²) in [5, 5.41) is 3.61. The standard InChI is InChI=1S/C21H22N2O4/c1-13-5-4-6-14(11-13)20(24)22-10-9-15-12-16-17(26-2)7-8-18(27-3)19(16)23-21(15)25/h4-8,11-12H,9-10H2,1-3H3,(H,22,24)(H,23,25). The molecule has 0 saturated heterocycles. The van der Waals surface area contributed by atoms with Gasteiger partial charge in [0.2, 0.25) is 0 Å². The molecule has 3 rings (SSSR count). The molecule has 3 aromatic rings. The van der Waals surface area contributed by atoms with Crippen molar-refractivity contribution in [1.29, 1.82) is 0 Å². The molecule has 6 heteroatoms. The minimum Gasteiger partial charge on any atom is -0.496 e. The summed E-state index contributed by atoms with van der Waals surface area (Å²) in [6.07, 6.45) is 0.406. The lowest BCUT2D eigenvalue weighted by Crippen LogP contribution is -2.27. The number of ether oxygens (including phenoxy) is 2. The van der Waals surface area contributed by atoms with Crippen LogP contribution in [0, 0.1) is 6.92 Å². The number of aromatic nitrogens is 1. The minimum absolute atomic E-state index is 0.157. The third-order valence-electron chi connectivity index (χ3n) is 4.42. The first-order valence-corrected chi connectivity index (χ1v) is 8.65. The number of aromatic amines is 1. The quantitative estimate of drug-likeness (QED) is 0.703. The molecule has 0 fully saturated rings. The maximum atomic E-state index is 12.4. The maximum Gasteiger partial charge on any atom is 0.251 e. The predicted molar refractivity (Wildman–Crippen MR) is 105 cm³/mol. The number of hydrogen-bond donors (Lipinski definition) is 2. The molecule has 27 heavy (non-hydrogen) atoms. The number of carbonyl (C=O) groups is 1. The molecular weight excluding hydrogens is 344 g/mol. The lowest BCUT2D eigenvalue weighted by molar-refractivity contribution is 0.0954. The molecule has 0 unspecified atom stereocenters. The third-order valence-corrected chi connectivity index (χ3v) is 4.42. The second-order valence-electron chi connectivity index (χ2n) is 6.26. The SMILES string of the molecule is COc1ccc(OC)c2[nH]c(=O)c(CCNC(=O)c3cccc(C)c3)cc12. The number of amides is 1. The molecular formula is C21H22N2O4. The first-order chi connectivity index (χ1) is 13.0. The number of nitrogens with one attached hydrogen (secondary N) is 2. The Bertz CT molecular complexity index is 1040. The van der Waals surface area contributed by atoms with Crippen molar-refractivity contribution in [3.05, 3.63) is 69.5 Å². The first kappa shape index (κ1) is 18.5. The molecule has 0 radical (unpaired) electrons. The van der Waals surface area contributed by atoms with Gasteiger partial charge in [-0.3, -0.25) is 9.59 Å². The van der Waals surface area contributed by atoms with E-state index in [1.54, 1.807) is 38.5 Å². The zero-order chi connectivity index (χ0) is 19.4. The van der Waals surface area contributed by atoms with E-state index >= 15 is 0 Å². The minimum atomic E-state index is -0.209. The highest BCUT2D eigenvalue weighted by Gasteiger charge is 2.12. The largest absolute Gasteiger partial charge is 0.496 e. The van der Waals surface area contributed by atoms with Crippen LogP contribution >= 0.6 is 0 Å². The molecule has 6 nitrogen and oxygen atoms in total. The van der Waals surface area contributed by atoms with Gasteiger partial charge < -0.3 is 19.8 Å². The Labute approximate surface area is 157 Å². The molecule has 0 saturated carbocycles. The van der Waals surface area contributed by atoms with Gasteiger partial charge in [0.05, 0.1) is 19.7 Å². The molecule has 0 bridgehead atoms. The summed E-state index contributed by atoms with van der Waals surface area (Å²) < 4.78 is 10.7. The van der Waals surface area contributed by atoms with Crippen molar-refractivity contribution in [1.82, 2.24) is 10.3 Å². The van der Waals surface area contributed by atoms with Gasteiger partial charge in [-0.05, 0) is 43.7 Å². The number of carbonyl (C=O) groups excluding carboxylic acids is 1. The van der Waals surface area contributed by atoms with Gasteiger partial charge in [0, 0.05) is 23.1 Å². The van der Waals surface area contributed by atoms with Crippen molar-refractivity contribution in [3.63, 3.8) is 0 Å². The topological polar surface area (TPSA) is 80.4 Å². The molecule has 0 aliphatic carbocycles. The molecule has 0 aliphatic rings. The van der Waals surface area contributed by atoms with Gasteiger partial charge in [-0.15, -0.1) is 0 Å². The summed E-state index contributed by atoms with van der Waals surface area (Å²) in [6.45, 7) is 2.29. The van der Waals surface area contributed by atoms with Crippen LogP contribution in [0.15, 0.2) is 47.3 Å². The monoisotopic (exact) mass is 366 g/mol. The van der Waals surface area contributed by atoms with E-state index in [0.717, 1.165) is 10.9 Å². The highest BCUT2D eigenvalue weighted by molar-refractivity contribution is 5.94. The first-order valence-electron chi connectivity index (χ1n) is 8.65. The van der Waals surface area contributed by atoms with Gasteiger partial charge >= 0.3 is 0 Å². The van der Waals surface area contributed by atoms with E-state index in [0.29, 0.717) is 41.1 Å². The van der Waals surface area contributed by atoms with Crippen LogP contribution in [0.4, 0.5) is 0 Å². The van der Waals surface area contributed by atoms with Gasteiger partial charge in [-0.2, -0.15) is 0 Å². The third kappa shape index (κ3) is 3.95. The fraction of sp³-hybridized carbons (Fsp3) is 0.238. The average Bonchev–Trinajstić information content (AvgIpc) is 2.67. The van der Waals surface area contributed by atoms with E-state index in [1.165, 1.54) is 0 Å². The Hall–Kier alpha value is -3.28. The van der Waals surface area contributed by atoms with Crippen molar-refractivity contribution in [2.75, 3.05) is 20.8 Å². The zero-order valence-electron chi connectivity index (χ0n) is 15.6. The van der Waals surface area contributed by atoms with Crippen LogP contribution < -0.4 is 20.3 Å². The number of fused-ring (bicyclic) bond motifs is 1. The van der Waals surface area contributed by atoms with E-state index in [9.17, 15) is 9.59 Å². The highest BCUT2D eigenvalue weighted by Crippen LogP contribution is 2.31. The number of benzene rings is 2. The smallest absolute Gasteiger partial charge is 0.251 e. The Kier molecular flexibility index (Phi) is 5.45. The van der Waals surface area contributed by atoms with Crippen LogP contribution in [0.2, 0.25) is 0 Å². The molecule has 1 aromatic heterocycles. The summed E-state index contributed by atoms with van der Waals surface area (Å²) in [7, 11) is 3.13. The lowest BCUT2D eigenvalue weighted by Gasteiger charge is -2.11. The lowest BCUT2D eigenvalue weighted by atomic mass is 10.1. The molecule has 0 spiro atoms. The van der Waals surface area contributed by atoms with Gasteiger partial charge in [0.1, 0.15) is 11.5 Å². The van der Waals surface area contributed by atoms with Crippen LogP contribution in [-0.4, -0.2) is 31.7 Å². The van der Waals surface area contributed by atoms with Crippen LogP contribution in [0.1, 0.15) is 21.5 Å². The summed E-state index contributed by atoms with van der Waals surface area (Å²) in [6, 6.07) is 12.7. The van der Waals surface area contributed by atoms with Crippen LogP contribution in [0.3, 0.4) is 0 Å². The van der Waals surface area contributed by atoms with Gasteiger partial charge in [-0.25, -0.2) is 0 Å². The number of hydrogen-bond acceptors (Lipinski definition) is 4. The second kappa shape index (κ2) is 7.95. The molecule has 0 aliphatic heterocycles. The summed E-state index contributed by atoms with van der Waals surface area (Å²) in [4.78, 5) is 27.5. The van der Waals surface area contributed by atoms with E-state index in [2.05, 4.69) is 10.3 Å². The molecule has 140 valence electrons. The van der Waals surface area contributed by atoms with Gasteiger partial charge in [-0.1, -0.05) is 17.7 Å². The zero-order valence-corrected chi connectivity index (χ0v) is 15.6. The molecule has 0 atom stereocenters. The average molecular weight is 366 g/mol. The van der Waals surface area contributed by atoms with E-state index in [-0.39, 0.29) is 11.5 Å². The summed E-state index contributed by atoms with van der Waals surface area (Å²) in [5.41, 5.74) is 2.58. The predicted octanol–water partition coefficient (Wildman–Crippen LogP) is 2.83. The second-order valence-corrected chi connectivity index (χ2v) is 6.26. The molecule has 2 N–H and O–H groups in total. The summed E-state index contributed by atoms with van der Waals surface area (Å²) in [5.74, 6) is 1.06. The number of aryl methyl sites for hydroxylation is 1. The Morgan fingerprint density at radius 3 is 2.52 bits per heavy atom. The van der Waals surface area contributed by atoms with Crippen molar-refractivity contribution in [2.45, 2.75) is 13.3 Å². The molecule has 1 heterocycles. The molecule has 2 aromatic carbocycles. The van der Waals surface area contributed by atoms with Crippen molar-refractivity contribution >= 4 is 16.8 Å². The van der Waals surface area contributed by atoms with E-state index < -0.39 is 0 Å².